The van der Waals surface area contributed by atoms with E-state index in [1.54, 1.807) is 12.1 Å². The normalized spacial score (nSPS) is 17.0. The van der Waals surface area contributed by atoms with Gasteiger partial charge in [-0.3, -0.25) is 9.59 Å². The van der Waals surface area contributed by atoms with E-state index in [9.17, 15) is 9.59 Å². The van der Waals surface area contributed by atoms with Crippen molar-refractivity contribution in [1.29, 1.82) is 0 Å². The second-order valence-corrected chi connectivity index (χ2v) is 9.06. The predicted octanol–water partition coefficient (Wildman–Crippen LogP) is 7.30. The monoisotopic (exact) mass is 473 g/mol. The van der Waals surface area contributed by atoms with Crippen molar-refractivity contribution in [2.45, 2.75) is 25.8 Å². The summed E-state index contributed by atoms with van der Waals surface area (Å²) in [6.07, 6.45) is 6.61. The third-order valence-electron chi connectivity index (χ3n) is 6.39. The lowest BCUT2D eigenvalue weighted by Crippen LogP contribution is -2.30. The van der Waals surface area contributed by atoms with Crippen LogP contribution in [0.1, 0.15) is 34.8 Å². The van der Waals surface area contributed by atoms with Gasteiger partial charge in [-0.1, -0.05) is 122 Å². The van der Waals surface area contributed by atoms with Gasteiger partial charge in [-0.2, -0.15) is 0 Å². The molecule has 4 aromatic rings. The topological polar surface area (TPSA) is 37.4 Å². The highest BCUT2D eigenvalue weighted by molar-refractivity contribution is 5.83. The number of hydrogen-bond acceptors (Lipinski definition) is 2. The summed E-state index contributed by atoms with van der Waals surface area (Å²) < 4.78 is 0. The van der Waals surface area contributed by atoms with E-state index in [-0.39, 0.29) is 17.9 Å². The molecule has 4 aromatic carbocycles. The Balaban J connectivity index is 0.000000325. The van der Waals surface area contributed by atoms with E-state index < -0.39 is 0 Å². The second-order valence-electron chi connectivity index (χ2n) is 9.06. The number of carbonyl (C=O) groups excluding carboxylic acids is 2. The molecule has 180 valence electrons. The standard InChI is InChI=1S/C26H25NO.C7H6O/c1-20-18-25(27(26(20)28)17-16-21-8-4-2-5-9-21)19-22-12-14-24(15-13-22)23-10-6-3-7-11-23;8-6-7-4-2-1-3-5-7/h2-17,20,25H,18-19H2,1H3;1-6H/b17-16+;. The van der Waals surface area contributed by atoms with E-state index in [1.807, 2.05) is 66.6 Å². The lowest BCUT2D eigenvalue weighted by molar-refractivity contribution is -0.129. The summed E-state index contributed by atoms with van der Waals surface area (Å²) in [7, 11) is 0. The van der Waals surface area contributed by atoms with Crippen molar-refractivity contribution in [2.24, 2.45) is 5.92 Å². The molecule has 3 nitrogen and oxygen atoms in total. The van der Waals surface area contributed by atoms with E-state index in [0.29, 0.717) is 0 Å². The van der Waals surface area contributed by atoms with Gasteiger partial charge in [0.25, 0.3) is 0 Å². The van der Waals surface area contributed by atoms with E-state index in [2.05, 4.69) is 60.7 Å². The number of amides is 1. The molecule has 1 aliphatic heterocycles. The molecule has 0 radical (unpaired) electrons. The number of hydrogen-bond donors (Lipinski definition) is 0. The van der Waals surface area contributed by atoms with Crippen LogP contribution in [0.3, 0.4) is 0 Å². The number of benzene rings is 4. The summed E-state index contributed by atoms with van der Waals surface area (Å²) in [5.74, 6) is 0.298. The first-order chi connectivity index (χ1) is 17.6. The Morgan fingerprint density at radius 1 is 0.722 bits per heavy atom. The lowest BCUT2D eigenvalue weighted by Gasteiger charge is -2.21. The summed E-state index contributed by atoms with van der Waals surface area (Å²) >= 11 is 0. The van der Waals surface area contributed by atoms with E-state index in [4.69, 9.17) is 0 Å². The SMILES string of the molecule is CC1CC(Cc2ccc(-c3ccccc3)cc2)N(/C=C/c2ccccc2)C1=O.O=Cc1ccccc1. The maximum absolute atomic E-state index is 12.6. The molecule has 2 unspecified atom stereocenters. The Labute approximate surface area is 213 Å². The van der Waals surface area contributed by atoms with Crippen LogP contribution in [0.25, 0.3) is 17.2 Å². The molecule has 1 heterocycles. The fourth-order valence-electron chi connectivity index (χ4n) is 4.43. The highest BCUT2D eigenvalue weighted by Crippen LogP contribution is 2.28. The van der Waals surface area contributed by atoms with E-state index >= 15 is 0 Å². The Hall–Kier alpha value is -4.24. The van der Waals surface area contributed by atoms with Crippen molar-refractivity contribution >= 4 is 18.3 Å². The highest BCUT2D eigenvalue weighted by atomic mass is 16.2. The zero-order chi connectivity index (χ0) is 25.2. The zero-order valence-corrected chi connectivity index (χ0v) is 20.5. The number of likely N-dealkylation sites (tertiary alicyclic amines) is 1. The summed E-state index contributed by atoms with van der Waals surface area (Å²) in [5.41, 5.74) is 5.56. The maximum Gasteiger partial charge on any atom is 0.229 e. The molecule has 5 rings (SSSR count). The first-order valence-corrected chi connectivity index (χ1v) is 12.3. The van der Waals surface area contributed by atoms with Gasteiger partial charge in [0.15, 0.2) is 0 Å². The van der Waals surface area contributed by atoms with Gasteiger partial charge < -0.3 is 4.90 Å². The average molecular weight is 474 g/mol. The first-order valence-electron chi connectivity index (χ1n) is 12.3. The van der Waals surface area contributed by atoms with Gasteiger partial charge in [0, 0.05) is 23.7 Å². The van der Waals surface area contributed by atoms with Crippen LogP contribution in [0.4, 0.5) is 0 Å². The molecule has 0 bridgehead atoms. The Bertz CT molecular complexity index is 1270. The van der Waals surface area contributed by atoms with E-state index in [1.165, 1.54) is 16.7 Å². The molecule has 3 heteroatoms. The molecule has 0 aliphatic carbocycles. The number of rotatable bonds is 6. The van der Waals surface area contributed by atoms with Crippen LogP contribution in [0.2, 0.25) is 0 Å². The molecule has 36 heavy (non-hydrogen) atoms. The summed E-state index contributed by atoms with van der Waals surface area (Å²) in [6.45, 7) is 2.03. The summed E-state index contributed by atoms with van der Waals surface area (Å²) in [4.78, 5) is 24.6. The third kappa shape index (κ3) is 6.67. The minimum absolute atomic E-state index is 0.0778. The maximum atomic E-state index is 12.6. The molecule has 0 N–H and O–H groups in total. The van der Waals surface area contributed by atoms with Crippen LogP contribution in [0.5, 0.6) is 0 Å². The zero-order valence-electron chi connectivity index (χ0n) is 20.5. The summed E-state index contributed by atoms with van der Waals surface area (Å²) in [5, 5.41) is 0. The van der Waals surface area contributed by atoms with Crippen molar-refractivity contribution in [3.63, 3.8) is 0 Å². The molecule has 1 aliphatic rings. The van der Waals surface area contributed by atoms with Gasteiger partial charge in [-0.15, -0.1) is 0 Å². The minimum atomic E-state index is 0.0778. The van der Waals surface area contributed by atoms with Crippen LogP contribution < -0.4 is 0 Å². The molecule has 2 atom stereocenters. The fourth-order valence-corrected chi connectivity index (χ4v) is 4.43. The predicted molar refractivity (Wildman–Crippen MR) is 147 cm³/mol. The smallest absolute Gasteiger partial charge is 0.229 e. The lowest BCUT2D eigenvalue weighted by atomic mass is 9.98. The quantitative estimate of drug-likeness (QED) is 0.276. The first kappa shape index (κ1) is 24.9. The molecule has 0 saturated carbocycles. The van der Waals surface area contributed by atoms with Crippen molar-refractivity contribution < 1.29 is 9.59 Å². The van der Waals surface area contributed by atoms with Crippen LogP contribution in [-0.4, -0.2) is 23.1 Å². The number of nitrogens with zero attached hydrogens (tertiary/aromatic N) is 1. The van der Waals surface area contributed by atoms with Crippen molar-refractivity contribution in [3.05, 3.63) is 138 Å². The summed E-state index contributed by atoms with van der Waals surface area (Å²) in [6, 6.07) is 38.6. The minimum Gasteiger partial charge on any atom is -0.315 e. The van der Waals surface area contributed by atoms with Crippen molar-refractivity contribution in [1.82, 2.24) is 4.90 Å². The van der Waals surface area contributed by atoms with Crippen LogP contribution >= 0.6 is 0 Å². The van der Waals surface area contributed by atoms with Gasteiger partial charge >= 0.3 is 0 Å². The van der Waals surface area contributed by atoms with Gasteiger partial charge in [0.1, 0.15) is 6.29 Å². The van der Waals surface area contributed by atoms with Gasteiger partial charge in [-0.05, 0) is 41.2 Å². The largest absolute Gasteiger partial charge is 0.315 e. The third-order valence-corrected chi connectivity index (χ3v) is 6.39. The molecule has 1 amide bonds. The highest BCUT2D eigenvalue weighted by Gasteiger charge is 2.35. The Kier molecular flexibility index (Phi) is 8.61. The number of aldehydes is 1. The molecule has 0 aromatic heterocycles. The van der Waals surface area contributed by atoms with Crippen LogP contribution in [0, 0.1) is 5.92 Å². The van der Waals surface area contributed by atoms with Gasteiger partial charge in [0.05, 0.1) is 0 Å². The molecular formula is C33H31NO2. The average Bonchev–Trinajstić information content (AvgIpc) is 3.21. The Morgan fingerprint density at radius 3 is 1.81 bits per heavy atom. The van der Waals surface area contributed by atoms with Crippen molar-refractivity contribution in [3.8, 4) is 11.1 Å². The van der Waals surface area contributed by atoms with E-state index in [0.717, 1.165) is 30.3 Å². The number of carbonyl (C=O) groups is 2. The molecular weight excluding hydrogens is 442 g/mol. The van der Waals surface area contributed by atoms with Crippen molar-refractivity contribution in [2.75, 3.05) is 0 Å². The molecule has 1 saturated heterocycles. The van der Waals surface area contributed by atoms with Crippen LogP contribution in [-0.2, 0) is 11.2 Å². The van der Waals surface area contributed by atoms with Gasteiger partial charge in [-0.25, -0.2) is 0 Å². The Morgan fingerprint density at radius 2 is 1.25 bits per heavy atom. The second kappa shape index (κ2) is 12.5. The van der Waals surface area contributed by atoms with Crippen LogP contribution in [0.15, 0.2) is 121 Å². The molecule has 1 fully saturated rings. The van der Waals surface area contributed by atoms with Gasteiger partial charge in [0.2, 0.25) is 5.91 Å². The fraction of sp³-hybridized carbons (Fsp3) is 0.152. The molecule has 0 spiro atoms.